The molecule has 0 aromatic rings. The van der Waals surface area contributed by atoms with E-state index in [1.165, 1.54) is 21.6 Å². The summed E-state index contributed by atoms with van der Waals surface area (Å²) in [5.41, 5.74) is 5.37. The topological polar surface area (TPSA) is 104 Å². The third-order valence-corrected chi connectivity index (χ3v) is 6.52. The lowest BCUT2D eigenvalue weighted by molar-refractivity contribution is -0.158. The minimum atomic E-state index is -0.645. The number of hydrogen-bond donors (Lipinski definition) is 1. The molecule has 23 heavy (non-hydrogen) atoms. The summed E-state index contributed by atoms with van der Waals surface area (Å²) in [6.07, 6.45) is 1.94. The Morgan fingerprint density at radius 3 is 2.65 bits per heavy atom. The van der Waals surface area contributed by atoms with E-state index in [2.05, 4.69) is 0 Å². The Balaban J connectivity index is 1.57. The van der Waals surface area contributed by atoms with Gasteiger partial charge in [0.25, 0.3) is 0 Å². The molecular formula is C14H18N4O4S. The maximum atomic E-state index is 12.7. The second-order valence-electron chi connectivity index (χ2n) is 6.41. The number of amides is 4. The summed E-state index contributed by atoms with van der Waals surface area (Å²) < 4.78 is 0. The number of fused-ring (bicyclic) bond motifs is 2. The number of hydrogen-bond acceptors (Lipinski definition) is 5. The average molecular weight is 338 g/mol. The molecule has 0 saturated carbocycles. The van der Waals surface area contributed by atoms with Crippen molar-refractivity contribution >= 4 is 35.4 Å². The van der Waals surface area contributed by atoms with Gasteiger partial charge in [0.05, 0.1) is 5.37 Å². The molecule has 0 aromatic heterocycles. The van der Waals surface area contributed by atoms with Crippen molar-refractivity contribution in [2.45, 2.75) is 42.8 Å². The summed E-state index contributed by atoms with van der Waals surface area (Å²) in [6, 6.07) is -1.67. The van der Waals surface area contributed by atoms with Crippen molar-refractivity contribution in [3.8, 4) is 0 Å². The monoisotopic (exact) mass is 338 g/mol. The summed E-state index contributed by atoms with van der Waals surface area (Å²) in [4.78, 5) is 53.7. The number of primary amides is 1. The predicted molar refractivity (Wildman–Crippen MR) is 80.9 cm³/mol. The van der Waals surface area contributed by atoms with Crippen molar-refractivity contribution in [3.05, 3.63) is 0 Å². The molecule has 4 aliphatic rings. The molecule has 4 amide bonds. The fourth-order valence-electron chi connectivity index (χ4n) is 4.08. The van der Waals surface area contributed by atoms with Gasteiger partial charge in [0.1, 0.15) is 24.7 Å². The number of nitrogens with two attached hydrogens (primary N) is 1. The minimum Gasteiger partial charge on any atom is -0.368 e. The minimum absolute atomic E-state index is 0.0434. The lowest BCUT2D eigenvalue weighted by Crippen LogP contribution is -2.61. The lowest BCUT2D eigenvalue weighted by atomic mass is 10.1. The normalized spacial score (nSPS) is 36.7. The van der Waals surface area contributed by atoms with E-state index in [9.17, 15) is 19.2 Å². The highest BCUT2D eigenvalue weighted by Crippen LogP contribution is 2.40. The molecule has 8 nitrogen and oxygen atoms in total. The molecule has 4 atom stereocenters. The smallest absolute Gasteiger partial charge is 0.247 e. The molecule has 2 N–H and O–H groups in total. The number of carbonyl (C=O) groups is 4. The molecule has 0 spiro atoms. The first-order valence-electron chi connectivity index (χ1n) is 7.82. The van der Waals surface area contributed by atoms with Gasteiger partial charge in [0.15, 0.2) is 0 Å². The molecule has 0 aromatic carbocycles. The van der Waals surface area contributed by atoms with Crippen molar-refractivity contribution < 1.29 is 19.2 Å². The van der Waals surface area contributed by atoms with E-state index in [1.807, 2.05) is 0 Å². The number of nitrogens with zero attached hydrogens (tertiary/aromatic N) is 3. The van der Waals surface area contributed by atoms with Gasteiger partial charge in [-0.15, -0.1) is 11.8 Å². The van der Waals surface area contributed by atoms with Gasteiger partial charge in [-0.1, -0.05) is 0 Å². The molecule has 124 valence electrons. The van der Waals surface area contributed by atoms with E-state index < -0.39 is 24.0 Å². The Bertz CT molecular complexity index is 612. The summed E-state index contributed by atoms with van der Waals surface area (Å²) in [5.74, 6) is -0.497. The standard InChI is InChI=1S/C14H18N4O4S/c15-12(20)9-6-23-11-4-8(14(22)18(9)11)17-5-10(19)16-3-1-2-7(16)13(17)21/h7-9,11H,1-6H2,(H2,15,20)/t7-,8+,9?,11+/m0/s1. The highest BCUT2D eigenvalue weighted by Gasteiger charge is 2.54. The zero-order valence-corrected chi connectivity index (χ0v) is 13.3. The van der Waals surface area contributed by atoms with Crippen LogP contribution in [0.4, 0.5) is 0 Å². The largest absolute Gasteiger partial charge is 0.368 e. The molecule has 9 heteroatoms. The Hall–Kier alpha value is -1.77. The van der Waals surface area contributed by atoms with E-state index in [-0.39, 0.29) is 29.6 Å². The van der Waals surface area contributed by atoms with Crippen LogP contribution in [-0.4, -0.2) is 80.7 Å². The van der Waals surface area contributed by atoms with Crippen LogP contribution < -0.4 is 5.73 Å². The first kappa shape index (κ1) is 14.8. The maximum absolute atomic E-state index is 12.7. The van der Waals surface area contributed by atoms with Crippen LogP contribution in [0.5, 0.6) is 0 Å². The van der Waals surface area contributed by atoms with Gasteiger partial charge >= 0.3 is 0 Å². The van der Waals surface area contributed by atoms with Crippen molar-refractivity contribution in [1.29, 1.82) is 0 Å². The molecule has 4 rings (SSSR count). The fourth-order valence-corrected chi connectivity index (χ4v) is 5.54. The molecule has 4 aliphatic heterocycles. The maximum Gasteiger partial charge on any atom is 0.247 e. The van der Waals surface area contributed by atoms with E-state index >= 15 is 0 Å². The summed E-state index contributed by atoms with van der Waals surface area (Å²) in [5, 5.41) is -0.130. The molecule has 0 aliphatic carbocycles. The summed E-state index contributed by atoms with van der Waals surface area (Å²) in [7, 11) is 0. The summed E-state index contributed by atoms with van der Waals surface area (Å²) >= 11 is 1.51. The van der Waals surface area contributed by atoms with Crippen molar-refractivity contribution in [3.63, 3.8) is 0 Å². The van der Waals surface area contributed by atoms with Gasteiger partial charge in [-0.3, -0.25) is 19.2 Å². The average Bonchev–Trinajstić information content (AvgIpc) is 3.19. The van der Waals surface area contributed by atoms with Crippen molar-refractivity contribution in [1.82, 2.24) is 14.7 Å². The Morgan fingerprint density at radius 1 is 1.13 bits per heavy atom. The van der Waals surface area contributed by atoms with Crippen LogP contribution in [0.1, 0.15) is 19.3 Å². The van der Waals surface area contributed by atoms with Crippen LogP contribution in [0.25, 0.3) is 0 Å². The SMILES string of the molecule is NC(=O)C1CS[C@@H]2C[C@@H](N3CC(=O)N4CCC[C@H]4C3=O)C(=O)N12. The lowest BCUT2D eigenvalue weighted by Gasteiger charge is -2.38. The summed E-state index contributed by atoms with van der Waals surface area (Å²) in [6.45, 7) is 0.578. The Morgan fingerprint density at radius 2 is 1.91 bits per heavy atom. The van der Waals surface area contributed by atoms with Gasteiger partial charge in [-0.25, -0.2) is 0 Å². The molecule has 4 fully saturated rings. The van der Waals surface area contributed by atoms with Crippen LogP contribution in [0.3, 0.4) is 0 Å². The van der Waals surface area contributed by atoms with Gasteiger partial charge in [0, 0.05) is 18.7 Å². The van der Waals surface area contributed by atoms with Crippen LogP contribution in [-0.2, 0) is 19.2 Å². The molecule has 0 bridgehead atoms. The van der Waals surface area contributed by atoms with E-state index in [0.29, 0.717) is 25.1 Å². The van der Waals surface area contributed by atoms with Crippen LogP contribution in [0.15, 0.2) is 0 Å². The zero-order valence-electron chi connectivity index (χ0n) is 12.5. The van der Waals surface area contributed by atoms with E-state index in [1.54, 1.807) is 4.90 Å². The zero-order chi connectivity index (χ0) is 16.3. The predicted octanol–water partition coefficient (Wildman–Crippen LogP) is -1.65. The quantitative estimate of drug-likeness (QED) is 0.649. The first-order valence-corrected chi connectivity index (χ1v) is 8.87. The third kappa shape index (κ3) is 2.05. The Labute approximate surface area is 137 Å². The third-order valence-electron chi connectivity index (χ3n) is 5.21. The van der Waals surface area contributed by atoms with Gasteiger partial charge < -0.3 is 20.4 Å². The number of rotatable bonds is 2. The second kappa shape index (κ2) is 5.12. The molecule has 4 heterocycles. The van der Waals surface area contributed by atoms with Crippen molar-refractivity contribution in [2.75, 3.05) is 18.8 Å². The second-order valence-corrected chi connectivity index (χ2v) is 7.63. The van der Waals surface area contributed by atoms with Gasteiger partial charge in [-0.05, 0) is 12.8 Å². The van der Waals surface area contributed by atoms with Gasteiger partial charge in [-0.2, -0.15) is 0 Å². The molecule has 4 saturated heterocycles. The first-order chi connectivity index (χ1) is 11.0. The van der Waals surface area contributed by atoms with Crippen LogP contribution >= 0.6 is 11.8 Å². The molecule has 1 unspecified atom stereocenters. The number of thioether (sulfide) groups is 1. The fraction of sp³-hybridized carbons (Fsp3) is 0.714. The molecule has 0 radical (unpaired) electrons. The highest BCUT2D eigenvalue weighted by molar-refractivity contribution is 8.00. The number of carbonyl (C=O) groups excluding carboxylic acids is 4. The van der Waals surface area contributed by atoms with Crippen LogP contribution in [0.2, 0.25) is 0 Å². The van der Waals surface area contributed by atoms with Gasteiger partial charge in [0.2, 0.25) is 23.6 Å². The Kier molecular flexibility index (Phi) is 3.29. The number of piperazine rings is 1. The molecular weight excluding hydrogens is 320 g/mol. The van der Waals surface area contributed by atoms with E-state index in [0.717, 1.165) is 6.42 Å². The van der Waals surface area contributed by atoms with E-state index in [4.69, 9.17) is 5.73 Å². The van der Waals surface area contributed by atoms with Crippen LogP contribution in [0, 0.1) is 0 Å². The van der Waals surface area contributed by atoms with Crippen molar-refractivity contribution in [2.24, 2.45) is 5.73 Å². The highest BCUT2D eigenvalue weighted by atomic mass is 32.2.